The van der Waals surface area contributed by atoms with E-state index in [1.165, 1.54) is 5.56 Å². The summed E-state index contributed by atoms with van der Waals surface area (Å²) in [6.07, 6.45) is 0. The second-order valence-corrected chi connectivity index (χ2v) is 5.70. The number of nitriles is 1. The van der Waals surface area contributed by atoms with Gasteiger partial charge in [-0.25, -0.2) is 0 Å². The van der Waals surface area contributed by atoms with Gasteiger partial charge in [0, 0.05) is 5.56 Å². The molecule has 1 saturated heterocycles. The predicted molar refractivity (Wildman–Crippen MR) is 74.2 cm³/mol. The maximum Gasteiger partial charge on any atom is 0.122 e. The Balaban J connectivity index is 2.53. The zero-order valence-corrected chi connectivity index (χ0v) is 12.1. The second kappa shape index (κ2) is 5.22. The third-order valence-corrected chi connectivity index (χ3v) is 4.01. The molecular formula is C16H21NO2. The fraction of sp³-hybridized carbons (Fsp3) is 0.562. The van der Waals surface area contributed by atoms with Crippen LogP contribution in [0, 0.1) is 30.1 Å². The molecule has 2 rings (SSSR count). The number of hydrogen-bond donors (Lipinski definition) is 0. The number of rotatable bonds is 4. The van der Waals surface area contributed by atoms with Gasteiger partial charge in [0.15, 0.2) is 0 Å². The highest BCUT2D eigenvalue weighted by Crippen LogP contribution is 2.46. The minimum atomic E-state index is -0.222. The highest BCUT2D eigenvalue weighted by Gasteiger charge is 2.50. The molecule has 0 N–H and O–H groups in total. The molecule has 3 nitrogen and oxygen atoms in total. The molecule has 0 aliphatic carbocycles. The van der Waals surface area contributed by atoms with Crippen LogP contribution < -0.4 is 4.74 Å². The van der Waals surface area contributed by atoms with Crippen molar-refractivity contribution in [2.24, 2.45) is 11.8 Å². The fourth-order valence-electron chi connectivity index (χ4n) is 2.95. The van der Waals surface area contributed by atoms with Crippen molar-refractivity contribution >= 4 is 0 Å². The maximum absolute atomic E-state index is 9.54. The number of nitrogens with zero attached hydrogens (tertiary/aromatic N) is 1. The van der Waals surface area contributed by atoms with E-state index in [0.717, 1.165) is 11.3 Å². The molecular weight excluding hydrogens is 238 g/mol. The van der Waals surface area contributed by atoms with Crippen LogP contribution in [0.25, 0.3) is 0 Å². The summed E-state index contributed by atoms with van der Waals surface area (Å²) in [6, 6.07) is 8.63. The molecule has 19 heavy (non-hydrogen) atoms. The van der Waals surface area contributed by atoms with Gasteiger partial charge < -0.3 is 9.47 Å². The van der Waals surface area contributed by atoms with Crippen LogP contribution in [0.5, 0.6) is 5.75 Å². The largest absolute Gasteiger partial charge is 0.496 e. The van der Waals surface area contributed by atoms with E-state index in [9.17, 15) is 5.26 Å². The number of hydrogen-bond acceptors (Lipinski definition) is 3. The topological polar surface area (TPSA) is 42.2 Å². The molecule has 0 saturated carbocycles. The first-order valence-electron chi connectivity index (χ1n) is 6.67. The van der Waals surface area contributed by atoms with Gasteiger partial charge in [-0.15, -0.1) is 0 Å². The van der Waals surface area contributed by atoms with Gasteiger partial charge in [0.25, 0.3) is 0 Å². The SMILES string of the molecule is COc1ccc(C)cc1C1(C(C#N)C(C)C)COC1. The Morgan fingerprint density at radius 1 is 1.37 bits per heavy atom. The molecule has 1 aromatic carbocycles. The van der Waals surface area contributed by atoms with E-state index in [4.69, 9.17) is 9.47 Å². The first-order chi connectivity index (χ1) is 9.05. The summed E-state index contributed by atoms with van der Waals surface area (Å²) in [4.78, 5) is 0. The van der Waals surface area contributed by atoms with Crippen molar-refractivity contribution < 1.29 is 9.47 Å². The summed E-state index contributed by atoms with van der Waals surface area (Å²) >= 11 is 0. The van der Waals surface area contributed by atoms with Crippen molar-refractivity contribution in [3.63, 3.8) is 0 Å². The second-order valence-electron chi connectivity index (χ2n) is 5.70. The molecule has 1 unspecified atom stereocenters. The zero-order valence-electron chi connectivity index (χ0n) is 12.1. The predicted octanol–water partition coefficient (Wildman–Crippen LogP) is 3.07. The summed E-state index contributed by atoms with van der Waals surface area (Å²) in [5.74, 6) is 1.09. The number of aryl methyl sites for hydroxylation is 1. The van der Waals surface area contributed by atoms with Gasteiger partial charge >= 0.3 is 0 Å². The van der Waals surface area contributed by atoms with Crippen LogP contribution in [0.2, 0.25) is 0 Å². The fourth-order valence-corrected chi connectivity index (χ4v) is 2.95. The van der Waals surface area contributed by atoms with Gasteiger partial charge in [-0.05, 0) is 18.9 Å². The van der Waals surface area contributed by atoms with E-state index in [1.54, 1.807) is 7.11 Å². The van der Waals surface area contributed by atoms with Crippen molar-refractivity contribution in [2.75, 3.05) is 20.3 Å². The monoisotopic (exact) mass is 259 g/mol. The smallest absolute Gasteiger partial charge is 0.122 e. The van der Waals surface area contributed by atoms with Crippen LogP contribution in [-0.4, -0.2) is 20.3 Å². The summed E-state index contributed by atoms with van der Waals surface area (Å²) in [5.41, 5.74) is 2.07. The molecule has 1 heterocycles. The minimum absolute atomic E-state index is 0.0584. The highest BCUT2D eigenvalue weighted by molar-refractivity contribution is 5.45. The third-order valence-electron chi connectivity index (χ3n) is 4.01. The van der Waals surface area contributed by atoms with E-state index < -0.39 is 0 Å². The van der Waals surface area contributed by atoms with Crippen molar-refractivity contribution in [3.05, 3.63) is 29.3 Å². The summed E-state index contributed by atoms with van der Waals surface area (Å²) in [6.45, 7) is 7.45. The van der Waals surface area contributed by atoms with Gasteiger partial charge in [-0.2, -0.15) is 5.26 Å². The number of methoxy groups -OCH3 is 1. The van der Waals surface area contributed by atoms with Crippen LogP contribution in [0.1, 0.15) is 25.0 Å². The molecule has 0 aromatic heterocycles. The molecule has 3 heteroatoms. The average Bonchev–Trinajstić information content (AvgIpc) is 2.33. The Morgan fingerprint density at radius 2 is 2.05 bits per heavy atom. The van der Waals surface area contributed by atoms with Gasteiger partial charge in [-0.1, -0.05) is 31.5 Å². The van der Waals surface area contributed by atoms with E-state index in [1.807, 2.05) is 12.1 Å². The van der Waals surface area contributed by atoms with Crippen LogP contribution in [0.3, 0.4) is 0 Å². The summed E-state index contributed by atoms with van der Waals surface area (Å²) in [7, 11) is 1.68. The van der Waals surface area contributed by atoms with E-state index in [2.05, 4.69) is 32.9 Å². The Hall–Kier alpha value is -1.53. The number of benzene rings is 1. The Bertz CT molecular complexity index is 498. The molecule has 1 aliphatic rings. The molecule has 1 aliphatic heterocycles. The summed E-state index contributed by atoms with van der Waals surface area (Å²) in [5, 5.41) is 9.54. The Morgan fingerprint density at radius 3 is 2.47 bits per heavy atom. The lowest BCUT2D eigenvalue weighted by Gasteiger charge is -2.47. The molecule has 102 valence electrons. The first-order valence-corrected chi connectivity index (χ1v) is 6.67. The lowest BCUT2D eigenvalue weighted by molar-refractivity contribution is -0.0885. The van der Waals surface area contributed by atoms with Crippen molar-refractivity contribution in [1.29, 1.82) is 5.26 Å². The molecule has 1 atom stereocenters. The zero-order chi connectivity index (χ0) is 14.0. The van der Waals surface area contributed by atoms with Gasteiger partial charge in [0.1, 0.15) is 5.75 Å². The Kier molecular flexibility index (Phi) is 3.82. The van der Waals surface area contributed by atoms with Crippen molar-refractivity contribution in [2.45, 2.75) is 26.2 Å². The molecule has 1 aromatic rings. The quantitative estimate of drug-likeness (QED) is 0.834. The molecule has 0 bridgehead atoms. The van der Waals surface area contributed by atoms with Crippen molar-refractivity contribution in [3.8, 4) is 11.8 Å². The highest BCUT2D eigenvalue weighted by atomic mass is 16.5. The van der Waals surface area contributed by atoms with Crippen LogP contribution in [-0.2, 0) is 10.2 Å². The standard InChI is InChI=1S/C16H21NO2/c1-11(2)14(8-17)16(9-19-10-16)13-7-12(3)5-6-15(13)18-4/h5-7,11,14H,9-10H2,1-4H3. The average molecular weight is 259 g/mol. The van der Waals surface area contributed by atoms with Gasteiger partial charge in [0.05, 0.1) is 37.7 Å². The third kappa shape index (κ3) is 2.21. The molecule has 0 spiro atoms. The Labute approximate surface area is 115 Å². The van der Waals surface area contributed by atoms with Crippen LogP contribution in [0.4, 0.5) is 0 Å². The van der Waals surface area contributed by atoms with Crippen molar-refractivity contribution in [1.82, 2.24) is 0 Å². The van der Waals surface area contributed by atoms with Gasteiger partial charge in [0.2, 0.25) is 0 Å². The molecule has 0 radical (unpaired) electrons. The van der Waals surface area contributed by atoms with E-state index >= 15 is 0 Å². The minimum Gasteiger partial charge on any atom is -0.496 e. The molecule has 0 amide bonds. The van der Waals surface area contributed by atoms with Crippen LogP contribution >= 0.6 is 0 Å². The van der Waals surface area contributed by atoms with Gasteiger partial charge in [-0.3, -0.25) is 0 Å². The normalized spacial score (nSPS) is 18.5. The lowest BCUT2D eigenvalue weighted by Crippen LogP contribution is -2.53. The van der Waals surface area contributed by atoms with Crippen LogP contribution in [0.15, 0.2) is 18.2 Å². The first kappa shape index (κ1) is 13.9. The van der Waals surface area contributed by atoms with E-state index in [0.29, 0.717) is 19.1 Å². The lowest BCUT2D eigenvalue weighted by atomic mass is 9.65. The number of ether oxygens (including phenoxy) is 2. The molecule has 1 fully saturated rings. The maximum atomic E-state index is 9.54. The summed E-state index contributed by atoms with van der Waals surface area (Å²) < 4.78 is 10.9. The van der Waals surface area contributed by atoms with E-state index in [-0.39, 0.29) is 11.3 Å².